The van der Waals surface area contributed by atoms with Crippen LogP contribution < -0.4 is 0 Å². The molecule has 5 rings (SSSR count). The molecule has 176 valence electrons. The fourth-order valence-corrected chi connectivity index (χ4v) is 3.98. The normalized spacial score (nSPS) is 13.4. The highest BCUT2D eigenvalue weighted by molar-refractivity contribution is 6.21. The number of benzene rings is 3. The minimum atomic E-state index is -0.743. The Balaban J connectivity index is 1.29. The number of rotatable bonds is 6. The molecule has 9 heteroatoms. The van der Waals surface area contributed by atoms with Gasteiger partial charge in [0.05, 0.1) is 34.3 Å². The van der Waals surface area contributed by atoms with Gasteiger partial charge in [-0.1, -0.05) is 36.4 Å². The fraction of sp³-hybridized carbons (Fsp3) is 0.0741. The number of imide groups is 1. The maximum Gasteiger partial charge on any atom is 0.338 e. The van der Waals surface area contributed by atoms with E-state index in [1.54, 1.807) is 54.6 Å². The monoisotopic (exact) mass is 478 g/mol. The number of fused-ring (bicyclic) bond motifs is 2. The van der Waals surface area contributed by atoms with E-state index in [1.165, 1.54) is 12.1 Å². The predicted octanol–water partition coefficient (Wildman–Crippen LogP) is 4.01. The summed E-state index contributed by atoms with van der Waals surface area (Å²) < 4.78 is 5.20. The van der Waals surface area contributed by atoms with Crippen molar-refractivity contribution in [1.29, 1.82) is 5.26 Å². The van der Waals surface area contributed by atoms with Crippen molar-refractivity contribution in [3.8, 4) is 6.07 Å². The SMILES string of the molecule is N#C/C(=C(/O)COC(=O)c1cccc(CN2C(=O)c3ccccc3C2=O)c1)c1nc2ccccc2[nH]1. The lowest BCUT2D eigenvalue weighted by Crippen LogP contribution is -2.29. The standard InChI is InChI=1S/C27H18N4O5/c28-13-20(24-29-21-10-3-4-11-22(21)30-24)23(32)15-36-27(35)17-7-5-6-16(12-17)14-31-25(33)18-8-1-2-9-19(18)26(31)34/h1-12,32H,14-15H2,(H,29,30)/b23-20-. The van der Waals surface area contributed by atoms with Gasteiger partial charge in [0, 0.05) is 0 Å². The minimum Gasteiger partial charge on any atom is -0.507 e. The van der Waals surface area contributed by atoms with Gasteiger partial charge in [0.25, 0.3) is 11.8 Å². The number of allylic oxidation sites excluding steroid dienone is 1. The highest BCUT2D eigenvalue weighted by atomic mass is 16.5. The highest BCUT2D eigenvalue weighted by Gasteiger charge is 2.35. The molecule has 2 heterocycles. The number of aliphatic hydroxyl groups is 1. The average molecular weight is 478 g/mol. The van der Waals surface area contributed by atoms with Gasteiger partial charge < -0.3 is 14.8 Å². The molecule has 0 radical (unpaired) electrons. The number of aromatic amines is 1. The second kappa shape index (κ2) is 9.19. The van der Waals surface area contributed by atoms with Crippen LogP contribution in [-0.4, -0.2) is 44.4 Å². The number of carbonyl (C=O) groups excluding carboxylic acids is 3. The van der Waals surface area contributed by atoms with Crippen LogP contribution in [0, 0.1) is 11.3 Å². The Labute approximate surface area is 204 Å². The number of aromatic nitrogens is 2. The average Bonchev–Trinajstić information content (AvgIpc) is 3.43. The first-order chi connectivity index (χ1) is 17.5. The van der Waals surface area contributed by atoms with Crippen LogP contribution >= 0.6 is 0 Å². The summed E-state index contributed by atoms with van der Waals surface area (Å²) in [7, 11) is 0. The number of H-pyrrole nitrogens is 1. The summed E-state index contributed by atoms with van der Waals surface area (Å²) in [4.78, 5) is 46.2. The first-order valence-corrected chi connectivity index (χ1v) is 10.9. The molecule has 0 bridgehead atoms. The van der Waals surface area contributed by atoms with Gasteiger partial charge in [-0.2, -0.15) is 5.26 Å². The number of amides is 2. The summed E-state index contributed by atoms with van der Waals surface area (Å²) >= 11 is 0. The van der Waals surface area contributed by atoms with E-state index in [2.05, 4.69) is 9.97 Å². The molecule has 2 amide bonds. The van der Waals surface area contributed by atoms with Crippen LogP contribution in [0.15, 0.2) is 78.6 Å². The molecule has 0 aliphatic carbocycles. The van der Waals surface area contributed by atoms with Crippen LogP contribution in [0.1, 0.15) is 42.5 Å². The van der Waals surface area contributed by atoms with Crippen LogP contribution in [-0.2, 0) is 11.3 Å². The number of hydrogen-bond donors (Lipinski definition) is 2. The molecular weight excluding hydrogens is 460 g/mol. The smallest absolute Gasteiger partial charge is 0.338 e. The predicted molar refractivity (Wildman–Crippen MR) is 129 cm³/mol. The Kier molecular flexibility index (Phi) is 5.76. The maximum absolute atomic E-state index is 12.6. The van der Waals surface area contributed by atoms with Gasteiger partial charge >= 0.3 is 5.97 Å². The first kappa shape index (κ1) is 22.6. The van der Waals surface area contributed by atoms with E-state index in [4.69, 9.17) is 4.74 Å². The molecule has 0 spiro atoms. The van der Waals surface area contributed by atoms with Gasteiger partial charge in [0.1, 0.15) is 18.2 Å². The topological polar surface area (TPSA) is 136 Å². The molecule has 0 saturated heterocycles. The molecule has 0 fully saturated rings. The van der Waals surface area contributed by atoms with Crippen molar-refractivity contribution in [2.75, 3.05) is 6.61 Å². The molecule has 36 heavy (non-hydrogen) atoms. The van der Waals surface area contributed by atoms with Crippen molar-refractivity contribution in [3.05, 3.63) is 107 Å². The van der Waals surface area contributed by atoms with Crippen LogP contribution in [0.25, 0.3) is 16.6 Å². The van der Waals surface area contributed by atoms with E-state index >= 15 is 0 Å². The van der Waals surface area contributed by atoms with Gasteiger partial charge in [-0.25, -0.2) is 9.78 Å². The van der Waals surface area contributed by atoms with Crippen molar-refractivity contribution in [1.82, 2.24) is 14.9 Å². The largest absolute Gasteiger partial charge is 0.507 e. The van der Waals surface area contributed by atoms with Crippen molar-refractivity contribution in [2.24, 2.45) is 0 Å². The molecular formula is C27H18N4O5. The Morgan fingerprint density at radius 2 is 1.69 bits per heavy atom. The molecule has 2 N–H and O–H groups in total. The number of nitriles is 1. The number of ether oxygens (including phenoxy) is 1. The lowest BCUT2D eigenvalue weighted by atomic mass is 10.1. The zero-order valence-electron chi connectivity index (χ0n) is 18.8. The van der Waals surface area contributed by atoms with Crippen LogP contribution in [0.3, 0.4) is 0 Å². The lowest BCUT2D eigenvalue weighted by molar-refractivity contribution is 0.0502. The third-order valence-electron chi connectivity index (χ3n) is 5.75. The third kappa shape index (κ3) is 4.08. The quantitative estimate of drug-likeness (QED) is 0.185. The van der Waals surface area contributed by atoms with Crippen molar-refractivity contribution in [3.63, 3.8) is 0 Å². The second-order valence-corrected chi connectivity index (χ2v) is 8.05. The number of para-hydroxylation sites is 2. The number of imidazole rings is 1. The second-order valence-electron chi connectivity index (χ2n) is 8.05. The Hall–Kier alpha value is -5.23. The number of carbonyl (C=O) groups is 3. The van der Waals surface area contributed by atoms with Crippen LogP contribution in [0.4, 0.5) is 0 Å². The summed E-state index contributed by atoms with van der Waals surface area (Å²) in [5.74, 6) is -1.82. The summed E-state index contributed by atoms with van der Waals surface area (Å²) in [6.07, 6.45) is 0. The van der Waals surface area contributed by atoms with Crippen molar-refractivity contribution < 1.29 is 24.2 Å². The molecule has 1 aliphatic heterocycles. The van der Waals surface area contributed by atoms with E-state index in [1.807, 2.05) is 12.1 Å². The molecule has 9 nitrogen and oxygen atoms in total. The molecule has 1 aromatic heterocycles. The van der Waals surface area contributed by atoms with E-state index in [0.717, 1.165) is 4.90 Å². The maximum atomic E-state index is 12.6. The number of nitrogens with one attached hydrogen (secondary N) is 1. The number of hydrogen-bond acceptors (Lipinski definition) is 7. The van der Waals surface area contributed by atoms with Crippen molar-refractivity contribution >= 4 is 34.4 Å². The van der Waals surface area contributed by atoms with E-state index < -0.39 is 30.1 Å². The van der Waals surface area contributed by atoms with Gasteiger partial charge in [0.2, 0.25) is 0 Å². The summed E-state index contributed by atoms with van der Waals surface area (Å²) in [5.41, 5.74) is 2.59. The van der Waals surface area contributed by atoms with Gasteiger partial charge in [-0.3, -0.25) is 14.5 Å². The molecule has 3 aromatic carbocycles. The van der Waals surface area contributed by atoms with Crippen LogP contribution in [0.2, 0.25) is 0 Å². The van der Waals surface area contributed by atoms with Crippen molar-refractivity contribution in [2.45, 2.75) is 6.54 Å². The highest BCUT2D eigenvalue weighted by Crippen LogP contribution is 2.25. The Bertz CT molecular complexity index is 1540. The minimum absolute atomic E-state index is 0.0107. The van der Waals surface area contributed by atoms with E-state index in [0.29, 0.717) is 27.7 Å². The number of esters is 1. The first-order valence-electron chi connectivity index (χ1n) is 10.9. The molecule has 1 aliphatic rings. The van der Waals surface area contributed by atoms with E-state index in [-0.39, 0.29) is 23.5 Å². The summed E-state index contributed by atoms with van der Waals surface area (Å²) in [5, 5.41) is 19.9. The Morgan fingerprint density at radius 1 is 1.00 bits per heavy atom. The van der Waals surface area contributed by atoms with Gasteiger partial charge in [-0.05, 0) is 42.0 Å². The van der Waals surface area contributed by atoms with Gasteiger partial charge in [-0.15, -0.1) is 0 Å². The molecule has 0 saturated carbocycles. The Morgan fingerprint density at radius 3 is 2.39 bits per heavy atom. The molecule has 0 unspecified atom stereocenters. The molecule has 0 atom stereocenters. The fourth-order valence-electron chi connectivity index (χ4n) is 3.98. The lowest BCUT2D eigenvalue weighted by Gasteiger charge is -2.14. The molecule has 4 aromatic rings. The summed E-state index contributed by atoms with van der Waals surface area (Å²) in [6, 6.07) is 21.9. The zero-order chi connectivity index (χ0) is 25.2. The van der Waals surface area contributed by atoms with Gasteiger partial charge in [0.15, 0.2) is 11.6 Å². The van der Waals surface area contributed by atoms with Crippen LogP contribution in [0.5, 0.6) is 0 Å². The zero-order valence-corrected chi connectivity index (χ0v) is 18.8. The third-order valence-corrected chi connectivity index (χ3v) is 5.75. The van der Waals surface area contributed by atoms with E-state index in [9.17, 15) is 24.8 Å². The number of aliphatic hydroxyl groups excluding tert-OH is 1. The number of nitrogens with zero attached hydrogens (tertiary/aromatic N) is 3. The summed E-state index contributed by atoms with van der Waals surface area (Å²) in [6.45, 7) is -0.551.